The molecule has 0 bridgehead atoms. The normalized spacial score (nSPS) is 17.8. The summed E-state index contributed by atoms with van der Waals surface area (Å²) in [7, 11) is -3.83. The maximum atomic E-state index is 13.2. The summed E-state index contributed by atoms with van der Waals surface area (Å²) in [6, 6.07) is 14.1. The van der Waals surface area contributed by atoms with Crippen LogP contribution >= 0.6 is 0 Å². The van der Waals surface area contributed by atoms with Crippen molar-refractivity contribution in [3.63, 3.8) is 0 Å². The Bertz CT molecular complexity index is 1040. The average molecular weight is 459 g/mol. The third-order valence-electron chi connectivity index (χ3n) is 5.37. The van der Waals surface area contributed by atoms with Crippen LogP contribution in [0.25, 0.3) is 0 Å². The van der Waals surface area contributed by atoms with Gasteiger partial charge in [-0.05, 0) is 51.3 Å². The third kappa shape index (κ3) is 5.75. The van der Waals surface area contributed by atoms with Crippen molar-refractivity contribution in [3.05, 3.63) is 65.7 Å². The van der Waals surface area contributed by atoms with Crippen molar-refractivity contribution in [2.45, 2.75) is 63.1 Å². The summed E-state index contributed by atoms with van der Waals surface area (Å²) >= 11 is 0. The van der Waals surface area contributed by atoms with Crippen molar-refractivity contribution < 1.29 is 22.7 Å². The highest BCUT2D eigenvalue weighted by atomic mass is 32.2. The lowest BCUT2D eigenvalue weighted by Gasteiger charge is -2.26. The van der Waals surface area contributed by atoms with Crippen LogP contribution < -0.4 is 5.32 Å². The topological polar surface area (TPSA) is 92.8 Å². The molecule has 1 amide bonds. The fraction of sp³-hybridized carbons (Fsp3) is 0.417. The van der Waals surface area contributed by atoms with Gasteiger partial charge in [-0.2, -0.15) is 4.31 Å². The molecule has 0 spiro atoms. The summed E-state index contributed by atoms with van der Waals surface area (Å²) in [5, 5.41) is 2.76. The number of benzene rings is 2. The molecule has 1 saturated heterocycles. The van der Waals surface area contributed by atoms with Gasteiger partial charge in [0, 0.05) is 13.0 Å². The summed E-state index contributed by atoms with van der Waals surface area (Å²) in [4.78, 5) is 26.0. The van der Waals surface area contributed by atoms with Crippen LogP contribution in [0.2, 0.25) is 0 Å². The van der Waals surface area contributed by atoms with E-state index < -0.39 is 34.0 Å². The van der Waals surface area contributed by atoms with Crippen molar-refractivity contribution >= 4 is 21.9 Å². The lowest BCUT2D eigenvalue weighted by atomic mass is 10.1. The monoisotopic (exact) mass is 458 g/mol. The van der Waals surface area contributed by atoms with E-state index in [0.717, 1.165) is 11.1 Å². The molecule has 0 aliphatic carbocycles. The van der Waals surface area contributed by atoms with Crippen molar-refractivity contribution in [1.29, 1.82) is 0 Å². The molecule has 0 aromatic heterocycles. The van der Waals surface area contributed by atoms with E-state index in [0.29, 0.717) is 12.8 Å². The number of ether oxygens (including phenoxy) is 1. The van der Waals surface area contributed by atoms with Gasteiger partial charge in [-0.3, -0.25) is 4.79 Å². The van der Waals surface area contributed by atoms with Gasteiger partial charge in [0.2, 0.25) is 15.9 Å². The molecular weight excluding hydrogens is 428 g/mol. The summed E-state index contributed by atoms with van der Waals surface area (Å²) in [6.45, 7) is 5.62. The highest BCUT2D eigenvalue weighted by Crippen LogP contribution is 2.26. The Labute approximate surface area is 189 Å². The minimum absolute atomic E-state index is 0.155. The van der Waals surface area contributed by atoms with Gasteiger partial charge in [0.25, 0.3) is 0 Å². The van der Waals surface area contributed by atoms with Gasteiger partial charge in [-0.15, -0.1) is 0 Å². The fourth-order valence-corrected chi connectivity index (χ4v) is 5.42. The molecule has 1 N–H and O–H groups in total. The first kappa shape index (κ1) is 23.9. The zero-order chi connectivity index (χ0) is 23.3. The second-order valence-electron chi connectivity index (χ2n) is 8.32. The number of esters is 1. The highest BCUT2D eigenvalue weighted by Gasteiger charge is 2.40. The zero-order valence-corrected chi connectivity index (χ0v) is 19.5. The maximum Gasteiger partial charge on any atom is 0.329 e. The lowest BCUT2D eigenvalue weighted by molar-refractivity contribution is -0.151. The van der Waals surface area contributed by atoms with Gasteiger partial charge in [0.15, 0.2) is 0 Å². The molecular formula is C24H30N2O5S. The molecule has 0 unspecified atom stereocenters. The van der Waals surface area contributed by atoms with Gasteiger partial charge in [-0.1, -0.05) is 48.0 Å². The Kier molecular flexibility index (Phi) is 7.69. The van der Waals surface area contributed by atoms with Gasteiger partial charge in [-0.25, -0.2) is 13.2 Å². The first-order valence-electron chi connectivity index (χ1n) is 10.8. The van der Waals surface area contributed by atoms with Crippen LogP contribution in [0.1, 0.15) is 37.8 Å². The second kappa shape index (κ2) is 10.3. The molecule has 0 radical (unpaired) electrons. The quantitative estimate of drug-likeness (QED) is 0.614. The van der Waals surface area contributed by atoms with E-state index in [9.17, 15) is 18.0 Å². The first-order valence-corrected chi connectivity index (χ1v) is 12.3. The number of amides is 1. The Balaban J connectivity index is 1.79. The van der Waals surface area contributed by atoms with Gasteiger partial charge < -0.3 is 10.1 Å². The lowest BCUT2D eigenvalue weighted by Crippen LogP contribution is -2.52. The molecule has 8 heteroatoms. The first-order chi connectivity index (χ1) is 15.2. The molecule has 172 valence electrons. The number of carbonyl (C=O) groups excluding carboxylic acids is 2. The number of nitrogens with zero attached hydrogens (tertiary/aromatic N) is 1. The van der Waals surface area contributed by atoms with Crippen LogP contribution in [0.5, 0.6) is 0 Å². The molecule has 7 nitrogen and oxygen atoms in total. The Morgan fingerprint density at radius 3 is 2.38 bits per heavy atom. The summed E-state index contributed by atoms with van der Waals surface area (Å²) < 4.78 is 32.9. The largest absolute Gasteiger partial charge is 0.461 e. The van der Waals surface area contributed by atoms with Crippen LogP contribution in [0.4, 0.5) is 0 Å². The Hall–Kier alpha value is -2.71. The highest BCUT2D eigenvalue weighted by molar-refractivity contribution is 7.89. The molecule has 1 aliphatic rings. The van der Waals surface area contributed by atoms with Crippen LogP contribution in [0.3, 0.4) is 0 Å². The third-order valence-corrected chi connectivity index (χ3v) is 7.29. The molecule has 2 aromatic rings. The van der Waals surface area contributed by atoms with Crippen molar-refractivity contribution in [1.82, 2.24) is 9.62 Å². The minimum Gasteiger partial charge on any atom is -0.461 e. The SMILES string of the molecule is Cc1ccc(S(=O)(=O)N2CCC[C@H]2C(=O)N[C@@H](Cc2ccccc2)C(=O)OC(C)C)cc1. The number of hydrogen-bond donors (Lipinski definition) is 1. The number of sulfonamides is 1. The Morgan fingerprint density at radius 1 is 1.09 bits per heavy atom. The van der Waals surface area contributed by atoms with Gasteiger partial charge in [0.1, 0.15) is 12.1 Å². The number of nitrogens with one attached hydrogen (secondary N) is 1. The smallest absolute Gasteiger partial charge is 0.329 e. The molecule has 0 saturated carbocycles. The summed E-state index contributed by atoms with van der Waals surface area (Å²) in [5.74, 6) is -1.03. The Morgan fingerprint density at radius 2 is 1.75 bits per heavy atom. The van der Waals surface area contributed by atoms with Gasteiger partial charge in [0.05, 0.1) is 11.0 Å². The van der Waals surface area contributed by atoms with Crippen molar-refractivity contribution in [3.8, 4) is 0 Å². The molecule has 2 atom stereocenters. The number of aryl methyl sites for hydroxylation is 1. The summed E-state index contributed by atoms with van der Waals surface area (Å²) in [5.41, 5.74) is 1.82. The predicted molar refractivity (Wildman–Crippen MR) is 121 cm³/mol. The second-order valence-corrected chi connectivity index (χ2v) is 10.2. The average Bonchev–Trinajstić information content (AvgIpc) is 3.25. The minimum atomic E-state index is -3.83. The molecule has 1 aliphatic heterocycles. The van der Waals surface area contributed by atoms with Crippen LogP contribution in [0.15, 0.2) is 59.5 Å². The number of rotatable bonds is 8. The van der Waals surface area contributed by atoms with E-state index in [1.807, 2.05) is 37.3 Å². The van der Waals surface area contributed by atoms with Crippen molar-refractivity contribution in [2.24, 2.45) is 0 Å². The van der Waals surface area contributed by atoms with E-state index in [4.69, 9.17) is 4.74 Å². The zero-order valence-electron chi connectivity index (χ0n) is 18.7. The molecule has 1 heterocycles. The van der Waals surface area contributed by atoms with Gasteiger partial charge >= 0.3 is 5.97 Å². The van der Waals surface area contributed by atoms with E-state index in [2.05, 4.69) is 5.32 Å². The number of carbonyl (C=O) groups is 2. The standard InChI is InChI=1S/C24H30N2O5S/c1-17(2)31-24(28)21(16-19-8-5-4-6-9-19)25-23(27)22-10-7-15-26(22)32(29,30)20-13-11-18(3)12-14-20/h4-6,8-9,11-14,17,21-22H,7,10,15-16H2,1-3H3,(H,25,27)/t21-,22-/m0/s1. The van der Waals surface area contributed by atoms with E-state index in [-0.39, 0.29) is 24.0 Å². The summed E-state index contributed by atoms with van der Waals surface area (Å²) in [6.07, 6.45) is 0.898. The molecule has 32 heavy (non-hydrogen) atoms. The van der Waals surface area contributed by atoms with E-state index in [1.165, 1.54) is 4.31 Å². The van der Waals surface area contributed by atoms with E-state index >= 15 is 0 Å². The fourth-order valence-electron chi connectivity index (χ4n) is 3.76. The van der Waals surface area contributed by atoms with Crippen molar-refractivity contribution in [2.75, 3.05) is 6.54 Å². The van der Waals surface area contributed by atoms with Crippen LogP contribution in [0, 0.1) is 6.92 Å². The number of hydrogen-bond acceptors (Lipinski definition) is 5. The van der Waals surface area contributed by atoms with Crippen LogP contribution in [-0.2, 0) is 30.8 Å². The maximum absolute atomic E-state index is 13.2. The van der Waals surface area contributed by atoms with Crippen LogP contribution in [-0.4, -0.2) is 49.3 Å². The molecule has 2 aromatic carbocycles. The van der Waals surface area contributed by atoms with E-state index in [1.54, 1.807) is 38.1 Å². The molecule has 3 rings (SSSR count). The molecule has 1 fully saturated rings. The predicted octanol–water partition coefficient (Wildman–Crippen LogP) is 2.83.